The summed E-state index contributed by atoms with van der Waals surface area (Å²) < 4.78 is 29.2. The van der Waals surface area contributed by atoms with Crippen LogP contribution in [-0.2, 0) is 10.1 Å². The monoisotopic (exact) mass is 230 g/mol. The Balaban J connectivity index is 3.75. The Labute approximate surface area is 69.7 Å². The Kier molecular flexibility index (Phi) is 4.47. The normalized spacial score (nSPS) is 15.1. The van der Waals surface area contributed by atoms with E-state index in [1.54, 1.807) is 0 Å². The summed E-state index contributed by atoms with van der Waals surface area (Å²) >= 11 is 3.17. The van der Waals surface area contributed by atoms with Crippen LogP contribution in [0, 0.1) is 0 Å². The summed E-state index contributed by atoms with van der Waals surface area (Å²) in [5.74, 6) is 0. The zero-order valence-electron chi connectivity index (χ0n) is 5.75. The quantitative estimate of drug-likeness (QED) is 0.588. The van der Waals surface area contributed by atoms with Crippen LogP contribution in [0.5, 0.6) is 0 Å². The van der Waals surface area contributed by atoms with Gasteiger partial charge in [-0.05, 0) is 19.8 Å². The van der Waals surface area contributed by atoms with Crippen LogP contribution in [0.4, 0.5) is 0 Å². The molecule has 1 unspecified atom stereocenters. The molecule has 0 aliphatic rings. The molecule has 3 nitrogen and oxygen atoms in total. The zero-order valence-corrected chi connectivity index (χ0v) is 8.15. The molecule has 0 amide bonds. The molecule has 0 rings (SSSR count). The number of halogens is 1. The average Bonchev–Trinajstić information content (AvgIpc) is 1.80. The van der Waals surface area contributed by atoms with Gasteiger partial charge >= 0.3 is 0 Å². The van der Waals surface area contributed by atoms with Crippen molar-refractivity contribution in [2.24, 2.45) is 0 Å². The van der Waals surface area contributed by atoms with Crippen LogP contribution in [0.1, 0.15) is 19.8 Å². The van der Waals surface area contributed by atoms with Gasteiger partial charge in [0.1, 0.15) is 0 Å². The molecular weight excluding hydrogens is 220 g/mol. The van der Waals surface area contributed by atoms with Crippen molar-refractivity contribution in [3.63, 3.8) is 0 Å². The fourth-order valence-corrected chi connectivity index (χ4v) is 1.30. The average molecular weight is 231 g/mol. The Morgan fingerprint density at radius 1 is 1.60 bits per heavy atom. The largest absolute Gasteiger partial charge is 0.285 e. The number of hydrogen-bond acceptors (Lipinski definition) is 2. The van der Waals surface area contributed by atoms with Crippen molar-refractivity contribution in [3.8, 4) is 0 Å². The highest BCUT2D eigenvalue weighted by atomic mass is 79.9. The molecule has 0 fully saturated rings. The summed E-state index contributed by atoms with van der Waals surface area (Å²) in [5, 5.41) is 0.136. The zero-order chi connectivity index (χ0) is 8.20. The van der Waals surface area contributed by atoms with Crippen LogP contribution in [-0.4, -0.2) is 23.6 Å². The van der Waals surface area contributed by atoms with Crippen molar-refractivity contribution < 1.29 is 13.0 Å². The van der Waals surface area contributed by atoms with Gasteiger partial charge in [-0.1, -0.05) is 15.9 Å². The molecule has 10 heavy (non-hydrogen) atoms. The van der Waals surface area contributed by atoms with Crippen molar-refractivity contribution in [2.75, 3.05) is 5.33 Å². The summed E-state index contributed by atoms with van der Waals surface area (Å²) in [6.45, 7) is 1.50. The van der Waals surface area contributed by atoms with Gasteiger partial charge in [-0.25, -0.2) is 0 Å². The Hall–Kier alpha value is 0.390. The van der Waals surface area contributed by atoms with E-state index < -0.39 is 15.4 Å². The van der Waals surface area contributed by atoms with Gasteiger partial charge in [0.05, 0.1) is 5.25 Å². The molecule has 0 radical (unpaired) electrons. The molecule has 0 saturated carbocycles. The molecule has 1 atom stereocenters. The number of hydrogen-bond donors (Lipinski definition) is 1. The summed E-state index contributed by atoms with van der Waals surface area (Å²) in [6.07, 6.45) is 1.27. The van der Waals surface area contributed by atoms with Gasteiger partial charge in [-0.2, -0.15) is 8.42 Å². The molecule has 0 aliphatic carbocycles. The minimum atomic E-state index is -3.80. The van der Waals surface area contributed by atoms with Crippen LogP contribution >= 0.6 is 15.9 Å². The second-order valence-electron chi connectivity index (χ2n) is 2.16. The fourth-order valence-electron chi connectivity index (χ4n) is 0.514. The third kappa shape index (κ3) is 4.24. The number of rotatable bonds is 4. The predicted molar refractivity (Wildman–Crippen MR) is 44.0 cm³/mol. The van der Waals surface area contributed by atoms with Gasteiger partial charge in [0, 0.05) is 5.33 Å². The van der Waals surface area contributed by atoms with E-state index in [4.69, 9.17) is 4.55 Å². The highest BCUT2D eigenvalue weighted by Crippen LogP contribution is 2.06. The van der Waals surface area contributed by atoms with Gasteiger partial charge in [0.15, 0.2) is 0 Å². The van der Waals surface area contributed by atoms with Gasteiger partial charge in [-0.15, -0.1) is 0 Å². The lowest BCUT2D eigenvalue weighted by atomic mass is 10.3. The topological polar surface area (TPSA) is 54.4 Å². The predicted octanol–water partition coefficient (Wildman–Crippen LogP) is 1.44. The van der Waals surface area contributed by atoms with E-state index in [1.807, 2.05) is 0 Å². The fraction of sp³-hybridized carbons (Fsp3) is 1.00. The molecule has 0 aromatic heterocycles. The molecule has 0 aromatic rings. The minimum absolute atomic E-state index is 0.504. The third-order valence-corrected chi connectivity index (χ3v) is 3.07. The molecule has 0 heterocycles. The molecule has 1 N–H and O–H groups in total. The van der Waals surface area contributed by atoms with E-state index in [1.165, 1.54) is 6.92 Å². The third-order valence-electron chi connectivity index (χ3n) is 1.25. The van der Waals surface area contributed by atoms with Crippen LogP contribution in [0.2, 0.25) is 0 Å². The first-order chi connectivity index (χ1) is 4.48. The highest BCUT2D eigenvalue weighted by Gasteiger charge is 2.15. The lowest BCUT2D eigenvalue weighted by Crippen LogP contribution is -2.16. The van der Waals surface area contributed by atoms with Crippen LogP contribution in [0.15, 0.2) is 0 Å². The van der Waals surface area contributed by atoms with Gasteiger partial charge in [0.2, 0.25) is 0 Å². The SMILES string of the molecule is CC(CCCBr)S(=O)(=O)O. The second-order valence-corrected chi connectivity index (χ2v) is 4.78. The van der Waals surface area contributed by atoms with Crippen molar-refractivity contribution in [1.29, 1.82) is 0 Å². The first-order valence-corrected chi connectivity index (χ1v) is 5.63. The van der Waals surface area contributed by atoms with Gasteiger partial charge in [0.25, 0.3) is 10.1 Å². The maximum atomic E-state index is 10.4. The standard InChI is InChI=1S/C5H11BrO3S/c1-5(3-2-4-6)10(7,8)9/h5H,2-4H2,1H3,(H,7,8,9). The van der Waals surface area contributed by atoms with E-state index in [9.17, 15) is 8.42 Å². The van der Waals surface area contributed by atoms with E-state index in [0.29, 0.717) is 6.42 Å². The number of alkyl halides is 1. The Morgan fingerprint density at radius 2 is 2.10 bits per heavy atom. The molecule has 0 bridgehead atoms. The Morgan fingerprint density at radius 3 is 2.40 bits per heavy atom. The first kappa shape index (κ1) is 10.4. The molecule has 5 heteroatoms. The smallest absolute Gasteiger partial charge is 0.267 e. The molecule has 0 aliphatic heterocycles. The lowest BCUT2D eigenvalue weighted by molar-refractivity contribution is 0.465. The van der Waals surface area contributed by atoms with Gasteiger partial charge < -0.3 is 0 Å². The van der Waals surface area contributed by atoms with Crippen molar-refractivity contribution in [2.45, 2.75) is 25.0 Å². The highest BCUT2D eigenvalue weighted by molar-refractivity contribution is 9.09. The Bertz CT molecular complexity index is 175. The van der Waals surface area contributed by atoms with Crippen LogP contribution in [0.3, 0.4) is 0 Å². The summed E-state index contributed by atoms with van der Waals surface area (Å²) in [4.78, 5) is 0. The van der Waals surface area contributed by atoms with E-state index >= 15 is 0 Å². The van der Waals surface area contributed by atoms with E-state index in [0.717, 1.165) is 11.8 Å². The second kappa shape index (κ2) is 4.31. The summed E-state index contributed by atoms with van der Waals surface area (Å²) in [7, 11) is -3.80. The molecule has 0 spiro atoms. The van der Waals surface area contributed by atoms with E-state index in [-0.39, 0.29) is 0 Å². The maximum Gasteiger partial charge on any atom is 0.267 e. The molecule has 62 valence electrons. The van der Waals surface area contributed by atoms with Crippen molar-refractivity contribution in [3.05, 3.63) is 0 Å². The molecule has 0 aromatic carbocycles. The first-order valence-electron chi connectivity index (χ1n) is 3.00. The summed E-state index contributed by atoms with van der Waals surface area (Å²) in [5.41, 5.74) is 0. The maximum absolute atomic E-state index is 10.4. The van der Waals surface area contributed by atoms with Crippen molar-refractivity contribution >= 4 is 26.0 Å². The molecular formula is C5H11BrO3S. The van der Waals surface area contributed by atoms with Crippen LogP contribution < -0.4 is 0 Å². The lowest BCUT2D eigenvalue weighted by Gasteiger charge is -2.04. The van der Waals surface area contributed by atoms with Crippen molar-refractivity contribution in [1.82, 2.24) is 0 Å². The summed E-state index contributed by atoms with van der Waals surface area (Å²) in [6, 6.07) is 0. The van der Waals surface area contributed by atoms with E-state index in [2.05, 4.69) is 15.9 Å². The molecule has 0 saturated heterocycles. The van der Waals surface area contributed by atoms with Crippen LogP contribution in [0.25, 0.3) is 0 Å². The minimum Gasteiger partial charge on any atom is -0.285 e. The van der Waals surface area contributed by atoms with Gasteiger partial charge in [-0.3, -0.25) is 4.55 Å².